The zero-order valence-corrected chi connectivity index (χ0v) is 8.67. The van der Waals surface area contributed by atoms with Gasteiger partial charge in [0.1, 0.15) is 12.4 Å². The summed E-state index contributed by atoms with van der Waals surface area (Å²) in [6, 6.07) is 2.17. The van der Waals surface area contributed by atoms with Gasteiger partial charge in [-0.05, 0) is 20.3 Å². The monoisotopic (exact) mass is 208 g/mol. The molecule has 1 heterocycles. The highest BCUT2D eigenvalue weighted by Crippen LogP contribution is 2.19. The zero-order chi connectivity index (χ0) is 11.5. The maximum absolute atomic E-state index is 10.4. The van der Waals surface area contributed by atoms with Gasteiger partial charge in [0, 0.05) is 6.54 Å². The Labute approximate surface area is 87.3 Å². The highest BCUT2D eigenvalue weighted by Gasteiger charge is 2.17. The third kappa shape index (κ3) is 3.06. The third-order valence-corrected chi connectivity index (χ3v) is 2.10. The second-order valence-corrected chi connectivity index (χ2v) is 3.96. The molecule has 0 amide bonds. The quantitative estimate of drug-likeness (QED) is 0.557. The second kappa shape index (κ2) is 4.09. The maximum atomic E-state index is 10.4. The molecule has 0 aliphatic heterocycles. The number of nitro groups is 1. The predicted molar refractivity (Wildman–Crippen MR) is 52.9 cm³/mol. The van der Waals surface area contributed by atoms with E-state index in [1.54, 1.807) is 0 Å². The van der Waals surface area contributed by atoms with Crippen LogP contribution in [-0.2, 0) is 6.54 Å². The van der Waals surface area contributed by atoms with Crippen molar-refractivity contribution in [1.29, 1.82) is 5.26 Å². The molecule has 0 unspecified atom stereocenters. The first-order valence-corrected chi connectivity index (χ1v) is 4.53. The zero-order valence-electron chi connectivity index (χ0n) is 8.67. The van der Waals surface area contributed by atoms with Crippen LogP contribution in [0.3, 0.4) is 0 Å². The molecule has 0 spiro atoms. The average Bonchev–Trinajstić information content (AvgIpc) is 2.63. The van der Waals surface area contributed by atoms with E-state index < -0.39 is 10.3 Å². The third-order valence-electron chi connectivity index (χ3n) is 2.10. The van der Waals surface area contributed by atoms with Crippen LogP contribution < -0.4 is 0 Å². The van der Waals surface area contributed by atoms with Crippen LogP contribution in [0, 0.1) is 26.9 Å². The number of aryl methyl sites for hydroxylation is 1. The molecule has 6 heteroatoms. The molecule has 1 aromatic rings. The van der Waals surface area contributed by atoms with Gasteiger partial charge in [0.25, 0.3) is 0 Å². The van der Waals surface area contributed by atoms with Gasteiger partial charge in [-0.1, -0.05) is 0 Å². The van der Waals surface area contributed by atoms with Gasteiger partial charge in [0.15, 0.2) is 0 Å². The van der Waals surface area contributed by atoms with E-state index in [1.807, 2.05) is 13.8 Å². The van der Waals surface area contributed by atoms with Gasteiger partial charge in [-0.2, -0.15) is 10.4 Å². The Morgan fingerprint density at radius 2 is 2.40 bits per heavy atom. The predicted octanol–water partition coefficient (Wildman–Crippen LogP) is 1.73. The van der Waals surface area contributed by atoms with Gasteiger partial charge >= 0.3 is 5.69 Å². The van der Waals surface area contributed by atoms with Crippen molar-refractivity contribution in [2.24, 2.45) is 5.41 Å². The van der Waals surface area contributed by atoms with Crippen LogP contribution in [-0.4, -0.2) is 14.7 Å². The van der Waals surface area contributed by atoms with Crippen molar-refractivity contribution >= 4 is 5.69 Å². The van der Waals surface area contributed by atoms with Gasteiger partial charge in [-0.25, -0.2) is 0 Å². The van der Waals surface area contributed by atoms with Crippen molar-refractivity contribution < 1.29 is 4.92 Å². The maximum Gasteiger partial charge on any atom is 0.306 e. The Balaban J connectivity index is 2.60. The summed E-state index contributed by atoms with van der Waals surface area (Å²) in [7, 11) is 0. The summed E-state index contributed by atoms with van der Waals surface area (Å²) < 4.78 is 1.48. The molecule has 1 rings (SSSR count). The molecule has 0 radical (unpaired) electrons. The van der Waals surface area contributed by atoms with Crippen LogP contribution in [0.2, 0.25) is 0 Å². The lowest BCUT2D eigenvalue weighted by Crippen LogP contribution is -2.12. The molecule has 15 heavy (non-hydrogen) atoms. The summed E-state index contributed by atoms with van der Waals surface area (Å²) in [5, 5.41) is 23.0. The molecule has 0 saturated heterocycles. The second-order valence-electron chi connectivity index (χ2n) is 3.96. The standard InChI is InChI=1S/C9H12N4O2/c1-9(2,7-10)3-4-12-6-8(5-11-12)13(14)15/h5-6H,3-4H2,1-2H3. The van der Waals surface area contributed by atoms with Crippen molar-refractivity contribution in [3.63, 3.8) is 0 Å². The number of nitriles is 1. The molecule has 6 nitrogen and oxygen atoms in total. The summed E-state index contributed by atoms with van der Waals surface area (Å²) in [5.74, 6) is 0. The molecule has 0 aromatic carbocycles. The summed E-state index contributed by atoms with van der Waals surface area (Å²) in [4.78, 5) is 9.88. The Bertz CT molecular complexity index is 402. The fraction of sp³-hybridized carbons (Fsp3) is 0.556. The first kappa shape index (κ1) is 11.2. The number of hydrogen-bond acceptors (Lipinski definition) is 4. The van der Waals surface area contributed by atoms with Crippen molar-refractivity contribution in [2.75, 3.05) is 0 Å². The highest BCUT2D eigenvalue weighted by molar-refractivity contribution is 5.20. The van der Waals surface area contributed by atoms with Gasteiger partial charge < -0.3 is 0 Å². The summed E-state index contributed by atoms with van der Waals surface area (Å²) in [6.07, 6.45) is 3.19. The molecule has 0 saturated carbocycles. The van der Waals surface area contributed by atoms with Crippen molar-refractivity contribution in [1.82, 2.24) is 9.78 Å². The molecule has 0 aliphatic carbocycles. The van der Waals surface area contributed by atoms with Crippen LogP contribution in [0.4, 0.5) is 5.69 Å². The Hall–Kier alpha value is -1.90. The Kier molecular flexibility index (Phi) is 3.04. The first-order chi connectivity index (χ1) is 6.94. The lowest BCUT2D eigenvalue weighted by atomic mass is 9.92. The van der Waals surface area contributed by atoms with Crippen molar-refractivity contribution in [3.8, 4) is 6.07 Å². The molecule has 0 N–H and O–H groups in total. The number of aromatic nitrogens is 2. The number of rotatable bonds is 4. The normalized spacial score (nSPS) is 11.0. The molecule has 1 aromatic heterocycles. The number of hydrogen-bond donors (Lipinski definition) is 0. The lowest BCUT2D eigenvalue weighted by molar-refractivity contribution is -0.385. The van der Waals surface area contributed by atoms with Crippen LogP contribution >= 0.6 is 0 Å². The van der Waals surface area contributed by atoms with E-state index in [4.69, 9.17) is 5.26 Å². The van der Waals surface area contributed by atoms with Crippen LogP contribution in [0.1, 0.15) is 20.3 Å². The number of nitrogens with zero attached hydrogens (tertiary/aromatic N) is 4. The van der Waals surface area contributed by atoms with E-state index in [1.165, 1.54) is 17.1 Å². The van der Waals surface area contributed by atoms with Crippen LogP contribution in [0.5, 0.6) is 0 Å². The van der Waals surface area contributed by atoms with E-state index in [-0.39, 0.29) is 5.69 Å². The molecule has 0 atom stereocenters. The fourth-order valence-electron chi connectivity index (χ4n) is 1.02. The molecular formula is C9H12N4O2. The molecule has 0 bridgehead atoms. The van der Waals surface area contributed by atoms with E-state index in [2.05, 4.69) is 11.2 Å². The Morgan fingerprint density at radius 1 is 1.73 bits per heavy atom. The van der Waals surface area contributed by atoms with Crippen molar-refractivity contribution in [2.45, 2.75) is 26.8 Å². The fourth-order valence-corrected chi connectivity index (χ4v) is 1.02. The molecule has 80 valence electrons. The SMILES string of the molecule is CC(C)(C#N)CCn1cc([N+](=O)[O-])cn1. The summed E-state index contributed by atoms with van der Waals surface area (Å²) in [6.45, 7) is 4.16. The largest absolute Gasteiger partial charge is 0.306 e. The molecule has 0 aliphatic rings. The smallest absolute Gasteiger partial charge is 0.266 e. The average molecular weight is 208 g/mol. The summed E-state index contributed by atoms with van der Waals surface area (Å²) >= 11 is 0. The van der Waals surface area contributed by atoms with E-state index in [0.717, 1.165) is 0 Å². The Morgan fingerprint density at radius 3 is 2.87 bits per heavy atom. The van der Waals surface area contributed by atoms with Gasteiger partial charge in [-0.15, -0.1) is 0 Å². The molecular weight excluding hydrogens is 196 g/mol. The van der Waals surface area contributed by atoms with E-state index in [9.17, 15) is 10.1 Å². The van der Waals surface area contributed by atoms with Crippen molar-refractivity contribution in [3.05, 3.63) is 22.5 Å². The molecule has 0 fully saturated rings. The minimum absolute atomic E-state index is 0.0234. The lowest BCUT2D eigenvalue weighted by Gasteiger charge is -2.13. The van der Waals surface area contributed by atoms with E-state index >= 15 is 0 Å². The summed E-state index contributed by atoms with van der Waals surface area (Å²) in [5.41, 5.74) is -0.453. The topological polar surface area (TPSA) is 84.8 Å². The van der Waals surface area contributed by atoms with E-state index in [0.29, 0.717) is 13.0 Å². The van der Waals surface area contributed by atoms with Crippen LogP contribution in [0.25, 0.3) is 0 Å². The minimum atomic E-state index is -0.487. The first-order valence-electron chi connectivity index (χ1n) is 4.53. The van der Waals surface area contributed by atoms with Gasteiger partial charge in [0.2, 0.25) is 0 Å². The van der Waals surface area contributed by atoms with Gasteiger partial charge in [-0.3, -0.25) is 14.8 Å². The minimum Gasteiger partial charge on any atom is -0.266 e. The highest BCUT2D eigenvalue weighted by atomic mass is 16.6. The van der Waals surface area contributed by atoms with Crippen LogP contribution in [0.15, 0.2) is 12.4 Å². The van der Waals surface area contributed by atoms with Gasteiger partial charge in [0.05, 0.1) is 16.4 Å².